The average molecular weight is 247 g/mol. The predicted octanol–water partition coefficient (Wildman–Crippen LogP) is 1.33. The third-order valence-electron chi connectivity index (χ3n) is 3.15. The minimum Gasteiger partial charge on any atom is -0.383 e. The first-order valence-corrected chi connectivity index (χ1v) is 5.98. The minimum atomic E-state index is -0.988. The molecule has 4 heteroatoms. The van der Waals surface area contributed by atoms with Crippen molar-refractivity contribution < 1.29 is 4.74 Å². The molecule has 0 amide bonds. The van der Waals surface area contributed by atoms with Crippen molar-refractivity contribution in [2.24, 2.45) is 5.73 Å². The zero-order valence-corrected chi connectivity index (χ0v) is 11.3. The average Bonchev–Trinajstić information content (AvgIpc) is 2.39. The molecule has 1 rings (SSSR count). The van der Waals surface area contributed by atoms with Gasteiger partial charge in [0.1, 0.15) is 5.54 Å². The second-order valence-electron chi connectivity index (χ2n) is 4.67. The van der Waals surface area contributed by atoms with Gasteiger partial charge in [-0.05, 0) is 19.5 Å². The van der Waals surface area contributed by atoms with Crippen molar-refractivity contribution >= 4 is 0 Å². The Labute approximate surface area is 109 Å². The maximum atomic E-state index is 9.37. The number of ether oxygens (including phenoxy) is 1. The molecule has 0 aliphatic rings. The second kappa shape index (κ2) is 6.50. The first kappa shape index (κ1) is 14.7. The lowest BCUT2D eigenvalue weighted by Crippen LogP contribution is -2.48. The first-order chi connectivity index (χ1) is 8.53. The van der Waals surface area contributed by atoms with Gasteiger partial charge in [-0.1, -0.05) is 30.3 Å². The van der Waals surface area contributed by atoms with Gasteiger partial charge in [0.15, 0.2) is 0 Å². The van der Waals surface area contributed by atoms with Crippen LogP contribution in [-0.4, -0.2) is 38.3 Å². The van der Waals surface area contributed by atoms with Crippen LogP contribution in [0.15, 0.2) is 30.3 Å². The molecule has 0 aromatic heterocycles. The number of nitrogens with two attached hydrogens (primary N) is 1. The van der Waals surface area contributed by atoms with E-state index in [1.807, 2.05) is 49.2 Å². The maximum Gasteiger partial charge on any atom is 0.142 e. The fourth-order valence-corrected chi connectivity index (χ4v) is 1.84. The van der Waals surface area contributed by atoms with Gasteiger partial charge in [-0.25, -0.2) is 0 Å². The topological polar surface area (TPSA) is 62.3 Å². The van der Waals surface area contributed by atoms with E-state index >= 15 is 0 Å². The lowest BCUT2D eigenvalue weighted by Gasteiger charge is -2.31. The summed E-state index contributed by atoms with van der Waals surface area (Å²) in [5.74, 6) is 0. The van der Waals surface area contributed by atoms with Gasteiger partial charge in [-0.3, -0.25) is 4.90 Å². The van der Waals surface area contributed by atoms with E-state index in [1.165, 1.54) is 0 Å². The van der Waals surface area contributed by atoms with Crippen LogP contribution in [0.25, 0.3) is 0 Å². The number of hydrogen-bond acceptors (Lipinski definition) is 4. The molecule has 0 heterocycles. The number of hydrogen-bond donors (Lipinski definition) is 1. The van der Waals surface area contributed by atoms with E-state index < -0.39 is 5.54 Å². The molecular weight excluding hydrogens is 226 g/mol. The van der Waals surface area contributed by atoms with E-state index in [0.717, 1.165) is 5.56 Å². The van der Waals surface area contributed by atoms with Gasteiger partial charge in [-0.2, -0.15) is 5.26 Å². The number of likely N-dealkylation sites (N-methyl/N-ethyl adjacent to an activating group) is 1. The van der Waals surface area contributed by atoms with Crippen LogP contribution in [0.3, 0.4) is 0 Å². The van der Waals surface area contributed by atoms with Crippen LogP contribution in [0.5, 0.6) is 0 Å². The van der Waals surface area contributed by atoms with Gasteiger partial charge in [0.05, 0.1) is 12.7 Å². The third kappa shape index (κ3) is 3.54. The van der Waals surface area contributed by atoms with Crippen molar-refractivity contribution in [1.29, 1.82) is 5.26 Å². The molecule has 1 aromatic carbocycles. The third-order valence-corrected chi connectivity index (χ3v) is 3.15. The molecule has 0 radical (unpaired) electrons. The van der Waals surface area contributed by atoms with Crippen LogP contribution in [0.2, 0.25) is 0 Å². The van der Waals surface area contributed by atoms with Gasteiger partial charge >= 0.3 is 0 Å². The summed E-state index contributed by atoms with van der Waals surface area (Å²) in [5.41, 5.74) is 6.06. The fourth-order valence-electron chi connectivity index (χ4n) is 1.84. The lowest BCUT2D eigenvalue weighted by atomic mass is 9.92. The molecule has 0 fully saturated rings. The summed E-state index contributed by atoms with van der Waals surface area (Å²) in [7, 11) is 3.62. The van der Waals surface area contributed by atoms with Crippen molar-refractivity contribution in [3.05, 3.63) is 35.9 Å². The minimum absolute atomic E-state index is 0.218. The SMILES string of the molecule is COCC(C)N(C)CC(N)(C#N)c1ccccc1. The Morgan fingerprint density at radius 2 is 2.06 bits per heavy atom. The van der Waals surface area contributed by atoms with Crippen LogP contribution in [-0.2, 0) is 10.3 Å². The van der Waals surface area contributed by atoms with Crippen molar-refractivity contribution in [3.8, 4) is 6.07 Å². The van der Waals surface area contributed by atoms with E-state index in [4.69, 9.17) is 10.5 Å². The fraction of sp³-hybridized carbons (Fsp3) is 0.500. The molecule has 2 unspecified atom stereocenters. The molecule has 4 nitrogen and oxygen atoms in total. The standard InChI is InChI=1S/C14H21N3O/c1-12(9-18-3)17(2)11-14(16,10-15)13-7-5-4-6-8-13/h4-8,12H,9,11,16H2,1-3H3. The molecule has 1 aromatic rings. The van der Waals surface area contributed by atoms with Crippen molar-refractivity contribution in [1.82, 2.24) is 4.90 Å². The molecule has 0 bridgehead atoms. The Morgan fingerprint density at radius 3 is 2.56 bits per heavy atom. The number of rotatable bonds is 6. The monoisotopic (exact) mass is 247 g/mol. The summed E-state index contributed by atoms with van der Waals surface area (Å²) in [6, 6.07) is 11.9. The summed E-state index contributed by atoms with van der Waals surface area (Å²) in [6.45, 7) is 3.14. The van der Waals surface area contributed by atoms with Crippen LogP contribution in [0.1, 0.15) is 12.5 Å². The number of methoxy groups -OCH3 is 1. The summed E-state index contributed by atoms with van der Waals surface area (Å²) in [4.78, 5) is 2.04. The maximum absolute atomic E-state index is 9.37. The van der Waals surface area contributed by atoms with E-state index in [2.05, 4.69) is 6.07 Å². The smallest absolute Gasteiger partial charge is 0.142 e. The summed E-state index contributed by atoms with van der Waals surface area (Å²) >= 11 is 0. The van der Waals surface area contributed by atoms with Gasteiger partial charge in [0.2, 0.25) is 0 Å². The Bertz CT molecular complexity index is 401. The Kier molecular flexibility index (Phi) is 5.29. The molecular formula is C14H21N3O. The van der Waals surface area contributed by atoms with Crippen molar-refractivity contribution in [2.75, 3.05) is 27.3 Å². The Morgan fingerprint density at radius 1 is 1.44 bits per heavy atom. The highest BCUT2D eigenvalue weighted by atomic mass is 16.5. The van der Waals surface area contributed by atoms with Crippen molar-refractivity contribution in [2.45, 2.75) is 18.5 Å². The molecule has 0 aliphatic heterocycles. The summed E-state index contributed by atoms with van der Waals surface area (Å²) < 4.78 is 5.11. The van der Waals surface area contributed by atoms with E-state index in [1.54, 1.807) is 7.11 Å². The summed E-state index contributed by atoms with van der Waals surface area (Å²) in [6.07, 6.45) is 0. The zero-order valence-electron chi connectivity index (χ0n) is 11.3. The molecule has 0 aliphatic carbocycles. The Balaban J connectivity index is 2.82. The van der Waals surface area contributed by atoms with Gasteiger partial charge in [0, 0.05) is 19.7 Å². The highest BCUT2D eigenvalue weighted by molar-refractivity contribution is 5.31. The molecule has 18 heavy (non-hydrogen) atoms. The van der Waals surface area contributed by atoms with Crippen LogP contribution < -0.4 is 5.73 Å². The molecule has 0 saturated carbocycles. The van der Waals surface area contributed by atoms with Crippen LogP contribution in [0, 0.1) is 11.3 Å². The predicted molar refractivity (Wildman–Crippen MR) is 71.9 cm³/mol. The second-order valence-corrected chi connectivity index (χ2v) is 4.67. The highest BCUT2D eigenvalue weighted by Gasteiger charge is 2.30. The van der Waals surface area contributed by atoms with Crippen LogP contribution >= 0.6 is 0 Å². The van der Waals surface area contributed by atoms with Gasteiger partial charge in [0.25, 0.3) is 0 Å². The number of nitriles is 1. The van der Waals surface area contributed by atoms with Crippen LogP contribution in [0.4, 0.5) is 0 Å². The zero-order chi connectivity index (χ0) is 13.6. The van der Waals surface area contributed by atoms with Gasteiger partial charge in [-0.15, -0.1) is 0 Å². The number of benzene rings is 1. The molecule has 0 saturated heterocycles. The Hall–Kier alpha value is -1.41. The van der Waals surface area contributed by atoms with Crippen molar-refractivity contribution in [3.63, 3.8) is 0 Å². The molecule has 98 valence electrons. The van der Waals surface area contributed by atoms with E-state index in [-0.39, 0.29) is 6.04 Å². The van der Waals surface area contributed by atoms with Gasteiger partial charge < -0.3 is 10.5 Å². The highest BCUT2D eigenvalue weighted by Crippen LogP contribution is 2.19. The molecule has 0 spiro atoms. The normalized spacial score (nSPS) is 16.0. The lowest BCUT2D eigenvalue weighted by molar-refractivity contribution is 0.106. The largest absolute Gasteiger partial charge is 0.383 e. The first-order valence-electron chi connectivity index (χ1n) is 5.98. The van der Waals surface area contributed by atoms with E-state index in [9.17, 15) is 5.26 Å². The summed E-state index contributed by atoms with van der Waals surface area (Å²) in [5, 5.41) is 9.37. The molecule has 2 atom stereocenters. The number of nitrogens with zero attached hydrogens (tertiary/aromatic N) is 2. The quantitative estimate of drug-likeness (QED) is 0.823. The molecule has 2 N–H and O–H groups in total. The van der Waals surface area contributed by atoms with E-state index in [0.29, 0.717) is 13.2 Å².